The number of fused-ring (bicyclic) bond motifs is 1. The van der Waals surface area contributed by atoms with Gasteiger partial charge in [-0.05, 0) is 89.6 Å². The van der Waals surface area contributed by atoms with Gasteiger partial charge in [0.2, 0.25) is 0 Å². The average Bonchev–Trinajstić information content (AvgIpc) is 3.21. The van der Waals surface area contributed by atoms with Gasteiger partial charge in [0.25, 0.3) is 0 Å². The van der Waals surface area contributed by atoms with E-state index in [0.717, 1.165) is 0 Å². The van der Waals surface area contributed by atoms with Crippen LogP contribution in [0.2, 0.25) is 0 Å². The number of carbonyl (C=O) groups excluding carboxylic acids is 3. The standard InChI is InChI=1S/C30H31FN2O6/c1-28(2,3)39-27(36)33-29(4,5)20-15-22(17-9-11-21(31)12-10-17)32-24(16-20)30(6,37)26(35)19-8-7-18-14-25(34)38-23(18)13-19/h7-13,15-16,37H,14H2,1-6H3,(H,33,36). The average molecular weight is 535 g/mol. The Kier molecular flexibility index (Phi) is 7.08. The summed E-state index contributed by atoms with van der Waals surface area (Å²) in [6, 6.07) is 13.4. The van der Waals surface area contributed by atoms with Crippen molar-refractivity contribution >= 4 is 17.8 Å². The van der Waals surface area contributed by atoms with Crippen molar-refractivity contribution in [2.24, 2.45) is 0 Å². The number of amides is 1. The summed E-state index contributed by atoms with van der Waals surface area (Å²) >= 11 is 0. The van der Waals surface area contributed by atoms with Crippen LogP contribution in [0.25, 0.3) is 11.3 Å². The van der Waals surface area contributed by atoms with Crippen LogP contribution in [0.3, 0.4) is 0 Å². The second-order valence-electron chi connectivity index (χ2n) is 11.3. The number of ketones is 1. The molecular weight excluding hydrogens is 503 g/mol. The van der Waals surface area contributed by atoms with Crippen LogP contribution in [0.4, 0.5) is 9.18 Å². The molecule has 1 aromatic heterocycles. The summed E-state index contributed by atoms with van der Waals surface area (Å²) in [6.45, 7) is 10.1. The summed E-state index contributed by atoms with van der Waals surface area (Å²) < 4.78 is 24.2. The Morgan fingerprint density at radius 3 is 2.31 bits per heavy atom. The minimum Gasteiger partial charge on any atom is -0.444 e. The lowest BCUT2D eigenvalue weighted by atomic mass is 9.86. The second kappa shape index (κ2) is 9.89. The van der Waals surface area contributed by atoms with E-state index in [1.54, 1.807) is 46.8 Å². The van der Waals surface area contributed by atoms with Gasteiger partial charge in [0.15, 0.2) is 11.4 Å². The fourth-order valence-electron chi connectivity index (χ4n) is 4.19. The van der Waals surface area contributed by atoms with E-state index in [9.17, 15) is 23.9 Å². The quantitative estimate of drug-likeness (QED) is 0.254. The molecule has 2 heterocycles. The highest BCUT2D eigenvalue weighted by Crippen LogP contribution is 2.34. The molecule has 39 heavy (non-hydrogen) atoms. The molecule has 9 heteroatoms. The number of nitrogens with zero attached hydrogens (tertiary/aromatic N) is 1. The van der Waals surface area contributed by atoms with Crippen LogP contribution in [-0.2, 0) is 27.1 Å². The molecule has 0 bridgehead atoms. The fraction of sp³-hybridized carbons (Fsp3) is 0.333. The molecule has 4 rings (SSSR count). The van der Waals surface area contributed by atoms with Gasteiger partial charge in [0.1, 0.15) is 17.2 Å². The van der Waals surface area contributed by atoms with E-state index in [4.69, 9.17) is 9.47 Å². The van der Waals surface area contributed by atoms with Gasteiger partial charge in [0, 0.05) is 16.7 Å². The number of benzene rings is 2. The van der Waals surface area contributed by atoms with Crippen molar-refractivity contribution < 1.29 is 33.4 Å². The topological polar surface area (TPSA) is 115 Å². The number of hydrogen-bond acceptors (Lipinski definition) is 7. The number of ether oxygens (including phenoxy) is 2. The van der Waals surface area contributed by atoms with Crippen molar-refractivity contribution in [1.82, 2.24) is 10.3 Å². The number of rotatable bonds is 6. The van der Waals surface area contributed by atoms with Crippen LogP contribution in [0.1, 0.15) is 68.7 Å². The van der Waals surface area contributed by atoms with E-state index in [0.29, 0.717) is 22.4 Å². The number of carbonyl (C=O) groups is 3. The number of aliphatic hydroxyl groups is 1. The molecule has 204 valence electrons. The van der Waals surface area contributed by atoms with Crippen LogP contribution in [0.5, 0.6) is 5.75 Å². The van der Waals surface area contributed by atoms with Crippen molar-refractivity contribution in [3.05, 3.63) is 82.8 Å². The molecule has 1 atom stereocenters. The zero-order chi connectivity index (χ0) is 28.8. The van der Waals surface area contributed by atoms with Crippen LogP contribution in [0, 0.1) is 5.82 Å². The molecule has 3 aromatic rings. The minimum atomic E-state index is -2.11. The van der Waals surface area contributed by atoms with E-state index in [1.165, 1.54) is 49.4 Å². The monoisotopic (exact) mass is 534 g/mol. The Labute approximate surface area is 226 Å². The molecule has 0 saturated heterocycles. The number of nitrogens with one attached hydrogen (secondary N) is 1. The fourth-order valence-corrected chi connectivity index (χ4v) is 4.19. The maximum absolute atomic E-state index is 13.6. The van der Waals surface area contributed by atoms with E-state index in [-0.39, 0.29) is 23.4 Å². The predicted octanol–water partition coefficient (Wildman–Crippen LogP) is 5.20. The Bertz CT molecular complexity index is 1460. The molecular formula is C30H31FN2O6. The smallest absolute Gasteiger partial charge is 0.408 e. The van der Waals surface area contributed by atoms with Crippen molar-refractivity contribution in [2.45, 2.75) is 64.7 Å². The van der Waals surface area contributed by atoms with Gasteiger partial charge in [-0.15, -0.1) is 0 Å². The molecule has 1 unspecified atom stereocenters. The van der Waals surface area contributed by atoms with E-state index < -0.39 is 40.4 Å². The number of aromatic nitrogens is 1. The molecule has 2 N–H and O–H groups in total. The van der Waals surface area contributed by atoms with Crippen LogP contribution >= 0.6 is 0 Å². The molecule has 0 radical (unpaired) electrons. The third-order valence-electron chi connectivity index (χ3n) is 6.33. The SMILES string of the molecule is CC(C)(C)OC(=O)NC(C)(C)c1cc(-c2ccc(F)cc2)nc(C(C)(O)C(=O)c2ccc3c(c2)OC(=O)C3)c1. The van der Waals surface area contributed by atoms with Gasteiger partial charge in [-0.25, -0.2) is 14.2 Å². The van der Waals surface area contributed by atoms with Gasteiger partial charge in [-0.1, -0.05) is 12.1 Å². The molecule has 1 aliphatic heterocycles. The Balaban J connectivity index is 1.77. The molecule has 2 aromatic carbocycles. The number of hydrogen-bond donors (Lipinski definition) is 2. The maximum atomic E-state index is 13.6. The van der Waals surface area contributed by atoms with E-state index in [2.05, 4.69) is 10.3 Å². The van der Waals surface area contributed by atoms with Crippen molar-refractivity contribution in [3.63, 3.8) is 0 Å². The molecule has 8 nitrogen and oxygen atoms in total. The second-order valence-corrected chi connectivity index (χ2v) is 11.3. The number of esters is 1. The van der Waals surface area contributed by atoms with Crippen LogP contribution in [0.15, 0.2) is 54.6 Å². The van der Waals surface area contributed by atoms with Gasteiger partial charge in [-0.3, -0.25) is 9.59 Å². The predicted molar refractivity (Wildman–Crippen MR) is 142 cm³/mol. The summed E-state index contributed by atoms with van der Waals surface area (Å²) in [5.74, 6) is -1.24. The third kappa shape index (κ3) is 6.15. The van der Waals surface area contributed by atoms with Crippen LogP contribution in [-0.4, -0.2) is 33.5 Å². The van der Waals surface area contributed by atoms with Gasteiger partial charge >= 0.3 is 12.1 Å². The lowest BCUT2D eigenvalue weighted by Gasteiger charge is -2.31. The lowest BCUT2D eigenvalue weighted by molar-refractivity contribution is -0.131. The molecule has 0 spiro atoms. The summed E-state index contributed by atoms with van der Waals surface area (Å²) in [4.78, 5) is 42.4. The van der Waals surface area contributed by atoms with Gasteiger partial charge < -0.3 is 19.9 Å². The number of halogens is 1. The summed E-state index contributed by atoms with van der Waals surface area (Å²) in [6.07, 6.45) is -0.533. The van der Waals surface area contributed by atoms with Crippen molar-refractivity contribution in [2.75, 3.05) is 0 Å². The van der Waals surface area contributed by atoms with E-state index >= 15 is 0 Å². The number of pyridine rings is 1. The molecule has 1 amide bonds. The Morgan fingerprint density at radius 2 is 1.67 bits per heavy atom. The first-order valence-electron chi connectivity index (χ1n) is 12.5. The highest BCUT2D eigenvalue weighted by Gasteiger charge is 2.38. The number of alkyl carbamates (subject to hydrolysis) is 1. The van der Waals surface area contributed by atoms with Crippen molar-refractivity contribution in [3.8, 4) is 17.0 Å². The Hall–Kier alpha value is -4.11. The highest BCUT2D eigenvalue weighted by atomic mass is 19.1. The summed E-state index contributed by atoms with van der Waals surface area (Å²) in [7, 11) is 0. The largest absolute Gasteiger partial charge is 0.444 e. The molecule has 0 fully saturated rings. The highest BCUT2D eigenvalue weighted by molar-refractivity contribution is 6.03. The zero-order valence-electron chi connectivity index (χ0n) is 22.7. The maximum Gasteiger partial charge on any atom is 0.408 e. The first-order valence-corrected chi connectivity index (χ1v) is 12.5. The molecule has 0 saturated carbocycles. The third-order valence-corrected chi connectivity index (χ3v) is 6.33. The zero-order valence-corrected chi connectivity index (χ0v) is 22.7. The first kappa shape index (κ1) is 27.9. The van der Waals surface area contributed by atoms with E-state index in [1.807, 2.05) is 0 Å². The lowest BCUT2D eigenvalue weighted by Crippen LogP contribution is -2.44. The Morgan fingerprint density at radius 1 is 1.00 bits per heavy atom. The minimum absolute atomic E-state index is 0.0147. The molecule has 0 aliphatic carbocycles. The van der Waals surface area contributed by atoms with Gasteiger partial charge in [-0.2, -0.15) is 0 Å². The normalized spacial score (nSPS) is 14.7. The van der Waals surface area contributed by atoms with Gasteiger partial charge in [0.05, 0.1) is 23.3 Å². The number of Topliss-reactive ketones (excluding diaryl/α,β-unsaturated/α-hetero) is 1. The summed E-state index contributed by atoms with van der Waals surface area (Å²) in [5, 5.41) is 14.4. The van der Waals surface area contributed by atoms with Crippen molar-refractivity contribution in [1.29, 1.82) is 0 Å². The summed E-state index contributed by atoms with van der Waals surface area (Å²) in [5.41, 5.74) is -1.62. The molecule has 1 aliphatic rings. The first-order chi connectivity index (χ1) is 18.0. The van der Waals surface area contributed by atoms with Crippen LogP contribution < -0.4 is 10.1 Å².